The minimum Gasteiger partial charge on any atom is -0.387 e. The fraction of sp³-hybridized carbons (Fsp3) is 0.500. The highest BCUT2D eigenvalue weighted by Crippen LogP contribution is 2.13. The zero-order valence-corrected chi connectivity index (χ0v) is 12.5. The van der Waals surface area contributed by atoms with Gasteiger partial charge >= 0.3 is 0 Å². The third-order valence-corrected chi connectivity index (χ3v) is 3.30. The van der Waals surface area contributed by atoms with Crippen LogP contribution >= 0.6 is 12.4 Å². The lowest BCUT2D eigenvalue weighted by Gasteiger charge is -2.29. The molecule has 3 N–H and O–H groups in total. The van der Waals surface area contributed by atoms with E-state index in [4.69, 9.17) is 4.74 Å². The van der Waals surface area contributed by atoms with Crippen molar-refractivity contribution in [3.8, 4) is 0 Å². The van der Waals surface area contributed by atoms with Crippen molar-refractivity contribution in [1.82, 2.24) is 10.6 Å². The van der Waals surface area contributed by atoms with Crippen LogP contribution in [0.3, 0.4) is 0 Å². The molecule has 1 aliphatic rings. The van der Waals surface area contributed by atoms with Crippen LogP contribution in [-0.2, 0) is 9.53 Å². The molecule has 1 aromatic rings. The third kappa shape index (κ3) is 4.93. The standard InChI is InChI=1S/C14H19FN2O3.ClH/c1-9-13(16-5-6-20-9)14(19)17-8-12(18)10-3-2-4-11(15)7-10;/h2-4,7,9,12-13,16,18H,5-6,8H2,1H3,(H,17,19);1H/t9-,12?,13+;/m1./s1. The number of aliphatic hydroxyl groups excluding tert-OH is 1. The van der Waals surface area contributed by atoms with Gasteiger partial charge in [-0.1, -0.05) is 12.1 Å². The number of amides is 1. The first kappa shape index (κ1) is 17.8. The number of carbonyl (C=O) groups excluding carboxylic acids is 1. The summed E-state index contributed by atoms with van der Waals surface area (Å²) in [5.41, 5.74) is 0.436. The van der Waals surface area contributed by atoms with Crippen molar-refractivity contribution in [3.05, 3.63) is 35.6 Å². The highest BCUT2D eigenvalue weighted by molar-refractivity contribution is 5.85. The summed E-state index contributed by atoms with van der Waals surface area (Å²) in [5, 5.41) is 15.6. The van der Waals surface area contributed by atoms with E-state index in [0.29, 0.717) is 18.7 Å². The second kappa shape index (κ2) is 8.29. The summed E-state index contributed by atoms with van der Waals surface area (Å²) in [6, 6.07) is 5.27. The molecule has 2 rings (SSSR count). The summed E-state index contributed by atoms with van der Waals surface area (Å²) < 4.78 is 18.4. The fourth-order valence-electron chi connectivity index (χ4n) is 2.17. The van der Waals surface area contributed by atoms with Crippen molar-refractivity contribution < 1.29 is 19.0 Å². The zero-order valence-electron chi connectivity index (χ0n) is 11.7. The third-order valence-electron chi connectivity index (χ3n) is 3.30. The molecule has 1 saturated heterocycles. The van der Waals surface area contributed by atoms with E-state index < -0.39 is 18.0 Å². The van der Waals surface area contributed by atoms with Crippen LogP contribution in [0, 0.1) is 5.82 Å². The minimum atomic E-state index is -0.936. The van der Waals surface area contributed by atoms with Crippen molar-refractivity contribution in [2.75, 3.05) is 19.7 Å². The van der Waals surface area contributed by atoms with Gasteiger partial charge in [0, 0.05) is 13.1 Å². The maximum Gasteiger partial charge on any atom is 0.239 e. The molecule has 1 aromatic carbocycles. The maximum absolute atomic E-state index is 13.0. The molecule has 0 aliphatic carbocycles. The van der Waals surface area contributed by atoms with Crippen LogP contribution in [0.1, 0.15) is 18.6 Å². The van der Waals surface area contributed by atoms with E-state index in [1.807, 2.05) is 6.92 Å². The Bertz CT molecular complexity index is 475. The van der Waals surface area contributed by atoms with Gasteiger partial charge in [-0.25, -0.2) is 4.39 Å². The van der Waals surface area contributed by atoms with Crippen molar-refractivity contribution >= 4 is 18.3 Å². The Morgan fingerprint density at radius 1 is 1.62 bits per heavy atom. The molecule has 5 nitrogen and oxygen atoms in total. The molecule has 118 valence electrons. The van der Waals surface area contributed by atoms with Crippen LogP contribution in [0.25, 0.3) is 0 Å². The first-order chi connectivity index (χ1) is 9.58. The summed E-state index contributed by atoms with van der Waals surface area (Å²) in [7, 11) is 0. The van der Waals surface area contributed by atoms with Crippen molar-refractivity contribution in [1.29, 1.82) is 0 Å². The Kier molecular flexibility index (Phi) is 7.04. The quantitative estimate of drug-likeness (QED) is 0.767. The Balaban J connectivity index is 0.00000220. The Hall–Kier alpha value is -1.21. The van der Waals surface area contributed by atoms with Crippen LogP contribution in [-0.4, -0.2) is 42.9 Å². The maximum atomic E-state index is 13.0. The number of carbonyl (C=O) groups is 1. The predicted octanol–water partition coefficient (Wildman–Crippen LogP) is 0.774. The number of rotatable bonds is 4. The first-order valence-corrected chi connectivity index (χ1v) is 6.64. The molecule has 7 heteroatoms. The Morgan fingerprint density at radius 3 is 3.05 bits per heavy atom. The van der Waals surface area contributed by atoms with Crippen LogP contribution in [0.4, 0.5) is 4.39 Å². The predicted molar refractivity (Wildman–Crippen MR) is 78.8 cm³/mol. The molecule has 0 radical (unpaired) electrons. The molecular formula is C14H20ClFN2O3. The summed E-state index contributed by atoms with van der Waals surface area (Å²) in [4.78, 5) is 12.0. The average molecular weight is 319 g/mol. The van der Waals surface area contributed by atoms with Crippen LogP contribution in [0.15, 0.2) is 24.3 Å². The highest BCUT2D eigenvalue weighted by Gasteiger charge is 2.28. The lowest BCUT2D eigenvalue weighted by atomic mass is 10.1. The van der Waals surface area contributed by atoms with Gasteiger partial charge in [0.2, 0.25) is 5.91 Å². The van der Waals surface area contributed by atoms with Crippen LogP contribution in [0.5, 0.6) is 0 Å². The molecule has 1 unspecified atom stereocenters. The van der Waals surface area contributed by atoms with E-state index in [1.54, 1.807) is 6.07 Å². The highest BCUT2D eigenvalue weighted by atomic mass is 35.5. The first-order valence-electron chi connectivity index (χ1n) is 6.64. The zero-order chi connectivity index (χ0) is 14.5. The van der Waals surface area contributed by atoms with E-state index in [2.05, 4.69) is 10.6 Å². The number of ether oxygens (including phenoxy) is 1. The minimum absolute atomic E-state index is 0. The number of nitrogens with one attached hydrogen (secondary N) is 2. The molecule has 1 heterocycles. The number of hydrogen-bond acceptors (Lipinski definition) is 4. The molecule has 0 bridgehead atoms. The van der Waals surface area contributed by atoms with Gasteiger partial charge in [0.15, 0.2) is 0 Å². The molecule has 1 aliphatic heterocycles. The number of benzene rings is 1. The topological polar surface area (TPSA) is 70.6 Å². The van der Waals surface area contributed by atoms with E-state index in [-0.39, 0.29) is 31.0 Å². The molecule has 0 saturated carbocycles. The molecule has 3 atom stereocenters. The SMILES string of the molecule is C[C@H]1OCCN[C@@H]1C(=O)NCC(O)c1cccc(F)c1.Cl. The van der Waals surface area contributed by atoms with Gasteiger partial charge in [-0.15, -0.1) is 12.4 Å². The van der Waals surface area contributed by atoms with Crippen molar-refractivity contribution in [3.63, 3.8) is 0 Å². The van der Waals surface area contributed by atoms with Gasteiger partial charge in [-0.2, -0.15) is 0 Å². The lowest BCUT2D eigenvalue weighted by molar-refractivity contribution is -0.129. The molecule has 1 amide bonds. The summed E-state index contributed by atoms with van der Waals surface area (Å²) in [6.07, 6.45) is -1.15. The summed E-state index contributed by atoms with van der Waals surface area (Å²) in [5.74, 6) is -0.642. The van der Waals surface area contributed by atoms with E-state index in [1.165, 1.54) is 18.2 Å². The van der Waals surface area contributed by atoms with Crippen molar-refractivity contribution in [2.24, 2.45) is 0 Å². The number of aliphatic hydroxyl groups is 1. The van der Waals surface area contributed by atoms with Crippen molar-refractivity contribution in [2.45, 2.75) is 25.2 Å². The largest absolute Gasteiger partial charge is 0.387 e. The summed E-state index contributed by atoms with van der Waals surface area (Å²) in [6.45, 7) is 3.05. The number of morpholine rings is 1. The second-order valence-corrected chi connectivity index (χ2v) is 4.82. The molecular weight excluding hydrogens is 299 g/mol. The monoisotopic (exact) mass is 318 g/mol. The molecule has 0 spiro atoms. The normalized spacial score (nSPS) is 23.0. The van der Waals surface area contributed by atoms with E-state index in [9.17, 15) is 14.3 Å². The van der Waals surface area contributed by atoms with Gasteiger partial charge < -0.3 is 20.5 Å². The van der Waals surface area contributed by atoms with Crippen LogP contribution < -0.4 is 10.6 Å². The number of halogens is 2. The second-order valence-electron chi connectivity index (χ2n) is 4.82. The van der Waals surface area contributed by atoms with Gasteiger partial charge in [0.1, 0.15) is 11.9 Å². The fourth-order valence-corrected chi connectivity index (χ4v) is 2.17. The molecule has 21 heavy (non-hydrogen) atoms. The summed E-state index contributed by atoms with van der Waals surface area (Å²) >= 11 is 0. The average Bonchev–Trinajstić information content (AvgIpc) is 2.45. The van der Waals surface area contributed by atoms with E-state index in [0.717, 1.165) is 0 Å². The Morgan fingerprint density at radius 2 is 2.38 bits per heavy atom. The number of hydrogen-bond donors (Lipinski definition) is 3. The Labute approximate surface area is 129 Å². The lowest BCUT2D eigenvalue weighted by Crippen LogP contribution is -2.55. The van der Waals surface area contributed by atoms with Gasteiger partial charge in [-0.05, 0) is 24.6 Å². The molecule has 0 aromatic heterocycles. The van der Waals surface area contributed by atoms with E-state index >= 15 is 0 Å². The van der Waals surface area contributed by atoms with Gasteiger partial charge in [0.25, 0.3) is 0 Å². The van der Waals surface area contributed by atoms with Gasteiger partial charge in [-0.3, -0.25) is 4.79 Å². The van der Waals surface area contributed by atoms with Gasteiger partial charge in [0.05, 0.1) is 18.8 Å². The smallest absolute Gasteiger partial charge is 0.239 e. The molecule has 1 fully saturated rings. The van der Waals surface area contributed by atoms with Crippen LogP contribution in [0.2, 0.25) is 0 Å².